The quantitative estimate of drug-likeness (QED) is 0.784. The van der Waals surface area contributed by atoms with E-state index >= 15 is 0 Å². The lowest BCUT2D eigenvalue weighted by molar-refractivity contribution is 0.467. The summed E-state index contributed by atoms with van der Waals surface area (Å²) in [5, 5.41) is 19.3. The van der Waals surface area contributed by atoms with Gasteiger partial charge in [-0.05, 0) is 66.9 Å². The summed E-state index contributed by atoms with van der Waals surface area (Å²) in [6, 6.07) is 8.91. The summed E-state index contributed by atoms with van der Waals surface area (Å²) in [5.74, 6) is 0.131. The lowest BCUT2D eigenvalue weighted by Gasteiger charge is -2.08. The molecule has 4 nitrogen and oxygen atoms in total. The van der Waals surface area contributed by atoms with Crippen LogP contribution in [-0.4, -0.2) is 13.5 Å². The van der Waals surface area contributed by atoms with Crippen LogP contribution < -0.4 is 0 Å². The van der Waals surface area contributed by atoms with Crippen molar-refractivity contribution in [2.45, 2.75) is 18.7 Å². The molecule has 0 saturated heterocycles. The number of nitriles is 1. The van der Waals surface area contributed by atoms with Crippen LogP contribution in [-0.2, 0) is 9.84 Å². The Labute approximate surface area is 150 Å². The fraction of sp³-hybridized carbons (Fsp3) is 0.118. The predicted molar refractivity (Wildman–Crippen MR) is 94.8 cm³/mol. The van der Waals surface area contributed by atoms with Crippen molar-refractivity contribution in [2.24, 2.45) is 0 Å². The van der Waals surface area contributed by atoms with E-state index in [2.05, 4.69) is 0 Å². The van der Waals surface area contributed by atoms with Crippen LogP contribution in [0.5, 0.6) is 5.75 Å². The van der Waals surface area contributed by atoms with Gasteiger partial charge in [0.15, 0.2) is 0 Å². The van der Waals surface area contributed by atoms with E-state index in [0.717, 1.165) is 0 Å². The molecular formula is C17H13Cl2NO3S. The molecule has 2 aromatic rings. The van der Waals surface area contributed by atoms with Crippen LogP contribution in [0.4, 0.5) is 0 Å². The van der Waals surface area contributed by atoms with E-state index < -0.39 is 14.7 Å². The van der Waals surface area contributed by atoms with Gasteiger partial charge in [-0.15, -0.1) is 0 Å². The van der Waals surface area contributed by atoms with Gasteiger partial charge in [0, 0.05) is 5.02 Å². The maximum atomic E-state index is 12.7. The number of allylic oxidation sites excluding steroid dienone is 1. The second-order valence-corrected chi connectivity index (χ2v) is 7.93. The van der Waals surface area contributed by atoms with Crippen molar-refractivity contribution in [3.8, 4) is 11.8 Å². The molecule has 0 bridgehead atoms. The second kappa shape index (κ2) is 6.86. The van der Waals surface area contributed by atoms with Gasteiger partial charge in [0.2, 0.25) is 9.84 Å². The zero-order valence-electron chi connectivity index (χ0n) is 12.8. The van der Waals surface area contributed by atoms with Crippen LogP contribution in [0.1, 0.15) is 16.7 Å². The Bertz CT molecular complexity index is 966. The SMILES string of the molecule is Cc1cc(/C=C(\C#N)S(=O)(=O)c2cc(Cl)ccc2Cl)cc(C)c1O. The Hall–Kier alpha value is -2.00. The Morgan fingerprint density at radius 2 is 1.75 bits per heavy atom. The molecule has 0 heterocycles. The van der Waals surface area contributed by atoms with Gasteiger partial charge in [-0.25, -0.2) is 8.42 Å². The topological polar surface area (TPSA) is 78.2 Å². The third kappa shape index (κ3) is 3.57. The molecule has 2 aromatic carbocycles. The van der Waals surface area contributed by atoms with Crippen molar-refractivity contribution < 1.29 is 13.5 Å². The lowest BCUT2D eigenvalue weighted by Crippen LogP contribution is -2.04. The van der Waals surface area contributed by atoms with Crippen LogP contribution in [0.2, 0.25) is 10.0 Å². The smallest absolute Gasteiger partial charge is 0.218 e. The van der Waals surface area contributed by atoms with Crippen molar-refractivity contribution >= 4 is 39.1 Å². The highest BCUT2D eigenvalue weighted by atomic mass is 35.5. The molecule has 1 N–H and O–H groups in total. The molecule has 0 unspecified atom stereocenters. The summed E-state index contributed by atoms with van der Waals surface area (Å²) in [6.45, 7) is 3.38. The van der Waals surface area contributed by atoms with E-state index in [0.29, 0.717) is 16.7 Å². The highest BCUT2D eigenvalue weighted by Gasteiger charge is 2.24. The Balaban J connectivity index is 2.63. The number of rotatable bonds is 3. The molecule has 124 valence electrons. The average molecular weight is 382 g/mol. The molecule has 24 heavy (non-hydrogen) atoms. The van der Waals surface area contributed by atoms with E-state index in [4.69, 9.17) is 23.2 Å². The van der Waals surface area contributed by atoms with Crippen molar-refractivity contribution in [1.29, 1.82) is 5.26 Å². The molecule has 2 rings (SSSR count). The number of aryl methyl sites for hydroxylation is 2. The molecular weight excluding hydrogens is 369 g/mol. The molecule has 7 heteroatoms. The molecule has 0 aliphatic carbocycles. The fourth-order valence-electron chi connectivity index (χ4n) is 2.20. The zero-order valence-corrected chi connectivity index (χ0v) is 15.2. The standard InChI is InChI=1S/C17H13Cl2NO3S/c1-10-5-12(6-11(2)17(10)21)7-14(9-20)24(22,23)16-8-13(18)3-4-15(16)19/h3-8,21H,1-2H3/b14-7+. The van der Waals surface area contributed by atoms with Crippen LogP contribution >= 0.6 is 23.2 Å². The van der Waals surface area contributed by atoms with Gasteiger partial charge in [-0.1, -0.05) is 23.2 Å². The normalized spacial score (nSPS) is 12.0. The fourth-order valence-corrected chi connectivity index (χ4v) is 4.11. The van der Waals surface area contributed by atoms with E-state index in [1.807, 2.05) is 0 Å². The first-order chi connectivity index (χ1) is 11.2. The maximum Gasteiger partial charge on any atom is 0.218 e. The Morgan fingerprint density at radius 1 is 1.17 bits per heavy atom. The first-order valence-corrected chi connectivity index (χ1v) is 9.03. The third-order valence-corrected chi connectivity index (χ3v) is 5.78. The molecule has 0 saturated carbocycles. The van der Waals surface area contributed by atoms with Gasteiger partial charge >= 0.3 is 0 Å². The summed E-state index contributed by atoms with van der Waals surface area (Å²) in [4.78, 5) is -0.687. The van der Waals surface area contributed by atoms with Crippen molar-refractivity contribution in [1.82, 2.24) is 0 Å². The number of aromatic hydroxyl groups is 1. The highest BCUT2D eigenvalue weighted by Crippen LogP contribution is 2.31. The molecule has 0 aliphatic heterocycles. The number of hydrogen-bond acceptors (Lipinski definition) is 4. The van der Waals surface area contributed by atoms with E-state index in [9.17, 15) is 18.8 Å². The molecule has 0 spiro atoms. The van der Waals surface area contributed by atoms with E-state index in [1.54, 1.807) is 32.0 Å². The van der Waals surface area contributed by atoms with Gasteiger partial charge in [0.05, 0.1) is 9.92 Å². The number of benzene rings is 2. The average Bonchev–Trinajstić information content (AvgIpc) is 2.52. The highest BCUT2D eigenvalue weighted by molar-refractivity contribution is 7.95. The number of nitrogens with zero attached hydrogens (tertiary/aromatic N) is 1. The minimum absolute atomic E-state index is 0.0152. The van der Waals surface area contributed by atoms with Crippen LogP contribution in [0.25, 0.3) is 6.08 Å². The molecule has 0 fully saturated rings. The minimum Gasteiger partial charge on any atom is -0.507 e. The monoisotopic (exact) mass is 381 g/mol. The van der Waals surface area contributed by atoms with E-state index in [1.165, 1.54) is 24.3 Å². The van der Waals surface area contributed by atoms with Gasteiger partial charge in [-0.2, -0.15) is 5.26 Å². The predicted octanol–water partition coefficient (Wildman–Crippen LogP) is 4.65. The van der Waals surface area contributed by atoms with Crippen LogP contribution in [0.15, 0.2) is 40.1 Å². The number of hydrogen-bond donors (Lipinski definition) is 1. The Kier molecular flexibility index (Phi) is 5.24. The molecule has 0 radical (unpaired) electrons. The summed E-state index contributed by atoms with van der Waals surface area (Å²) >= 11 is 11.8. The largest absolute Gasteiger partial charge is 0.507 e. The molecule has 0 atom stereocenters. The van der Waals surface area contributed by atoms with Crippen LogP contribution in [0, 0.1) is 25.2 Å². The molecule has 0 aliphatic rings. The number of phenols is 1. The van der Waals surface area contributed by atoms with Gasteiger partial charge < -0.3 is 5.11 Å². The first kappa shape index (κ1) is 18.3. The summed E-state index contributed by atoms with van der Waals surface area (Å²) in [5.41, 5.74) is 1.65. The lowest BCUT2D eigenvalue weighted by atomic mass is 10.1. The van der Waals surface area contributed by atoms with Gasteiger partial charge in [-0.3, -0.25) is 0 Å². The first-order valence-electron chi connectivity index (χ1n) is 6.79. The summed E-state index contributed by atoms with van der Waals surface area (Å²) in [7, 11) is -4.12. The third-order valence-electron chi connectivity index (χ3n) is 3.39. The van der Waals surface area contributed by atoms with Crippen molar-refractivity contribution in [3.05, 3.63) is 62.0 Å². The maximum absolute atomic E-state index is 12.7. The molecule has 0 aromatic heterocycles. The van der Waals surface area contributed by atoms with E-state index in [-0.39, 0.29) is 20.7 Å². The van der Waals surface area contributed by atoms with Crippen molar-refractivity contribution in [2.75, 3.05) is 0 Å². The number of phenolic OH excluding ortho intramolecular Hbond substituents is 1. The number of halogens is 2. The summed E-state index contributed by atoms with van der Waals surface area (Å²) in [6.07, 6.45) is 1.24. The number of sulfone groups is 1. The van der Waals surface area contributed by atoms with Gasteiger partial charge in [0.25, 0.3) is 0 Å². The van der Waals surface area contributed by atoms with Crippen LogP contribution in [0.3, 0.4) is 0 Å². The second-order valence-electron chi connectivity index (χ2n) is 5.20. The summed E-state index contributed by atoms with van der Waals surface area (Å²) < 4.78 is 25.4. The molecule has 0 amide bonds. The van der Waals surface area contributed by atoms with Crippen molar-refractivity contribution in [3.63, 3.8) is 0 Å². The van der Waals surface area contributed by atoms with Gasteiger partial charge in [0.1, 0.15) is 16.7 Å². The minimum atomic E-state index is -4.12. The zero-order chi connectivity index (χ0) is 18.1. The Morgan fingerprint density at radius 3 is 2.29 bits per heavy atom.